The van der Waals surface area contributed by atoms with Gasteiger partial charge in [-0.15, -0.1) is 0 Å². The van der Waals surface area contributed by atoms with Crippen molar-refractivity contribution in [2.45, 2.75) is 13.5 Å². The first-order valence-corrected chi connectivity index (χ1v) is 6.81. The Hall–Kier alpha value is -1.79. The number of hydrogen-bond acceptors (Lipinski definition) is 5. The summed E-state index contributed by atoms with van der Waals surface area (Å²) in [4.78, 5) is 24.5. The van der Waals surface area contributed by atoms with Crippen molar-refractivity contribution in [3.8, 4) is 5.75 Å². The number of nitrogens with zero attached hydrogens (tertiary/aromatic N) is 1. The van der Waals surface area contributed by atoms with E-state index >= 15 is 0 Å². The Kier molecular flexibility index (Phi) is 6.98. The molecule has 0 saturated carbocycles. The summed E-state index contributed by atoms with van der Waals surface area (Å²) in [5.74, 6) is 0.258. The second-order valence-corrected chi connectivity index (χ2v) is 4.83. The van der Waals surface area contributed by atoms with Crippen molar-refractivity contribution in [3.05, 3.63) is 28.8 Å². The number of likely N-dealkylation sites (N-methyl/N-ethyl adjacent to an activating group) is 1. The van der Waals surface area contributed by atoms with Crippen molar-refractivity contribution in [2.75, 3.05) is 27.3 Å². The van der Waals surface area contributed by atoms with Gasteiger partial charge in [0.1, 0.15) is 5.75 Å². The van der Waals surface area contributed by atoms with Crippen molar-refractivity contribution in [1.29, 1.82) is 0 Å². The highest BCUT2D eigenvalue weighted by atomic mass is 35.5. The molecule has 0 saturated heterocycles. The van der Waals surface area contributed by atoms with E-state index in [1.807, 2.05) is 0 Å². The lowest BCUT2D eigenvalue weighted by molar-refractivity contribution is -0.121. The molecular weight excluding hydrogens is 296 g/mol. The molecule has 1 aromatic rings. The number of rotatable bonds is 6. The van der Waals surface area contributed by atoms with Crippen molar-refractivity contribution >= 4 is 23.6 Å². The quantitative estimate of drug-likeness (QED) is 0.870. The van der Waals surface area contributed by atoms with E-state index in [2.05, 4.69) is 10.1 Å². The third-order valence-electron chi connectivity index (χ3n) is 2.61. The number of carbonyl (C=O) groups is 2. The fraction of sp³-hybridized carbons (Fsp3) is 0.429. The van der Waals surface area contributed by atoms with E-state index in [4.69, 9.17) is 16.3 Å². The van der Waals surface area contributed by atoms with Crippen LogP contribution in [0.2, 0.25) is 5.02 Å². The molecule has 0 unspecified atom stereocenters. The molecule has 0 aliphatic carbocycles. The highest BCUT2D eigenvalue weighted by Crippen LogP contribution is 2.23. The summed E-state index contributed by atoms with van der Waals surface area (Å²) in [6.45, 7) is 2.39. The lowest BCUT2D eigenvalue weighted by Crippen LogP contribution is -2.38. The highest BCUT2D eigenvalue weighted by molar-refractivity contribution is 6.30. The first kappa shape index (κ1) is 17.3. The Morgan fingerprint density at radius 1 is 1.38 bits per heavy atom. The Balaban J connectivity index is 2.57. The van der Waals surface area contributed by atoms with Crippen LogP contribution in [0.1, 0.15) is 12.5 Å². The molecule has 0 fully saturated rings. The Bertz CT molecular complexity index is 508. The number of amides is 2. The monoisotopic (exact) mass is 314 g/mol. The van der Waals surface area contributed by atoms with Gasteiger partial charge in [0.25, 0.3) is 0 Å². The fourth-order valence-electron chi connectivity index (χ4n) is 1.78. The summed E-state index contributed by atoms with van der Waals surface area (Å²) in [6, 6.07) is 5.28. The summed E-state index contributed by atoms with van der Waals surface area (Å²) in [5.41, 5.74) is 0.858. The predicted octanol–water partition coefficient (Wildman–Crippen LogP) is 2.05. The van der Waals surface area contributed by atoms with Crippen molar-refractivity contribution in [2.24, 2.45) is 0 Å². The molecule has 0 aromatic heterocycles. The number of benzene rings is 1. The van der Waals surface area contributed by atoms with Gasteiger partial charge in [0.2, 0.25) is 5.91 Å². The van der Waals surface area contributed by atoms with Gasteiger partial charge in [-0.3, -0.25) is 15.0 Å². The third-order valence-corrected chi connectivity index (χ3v) is 2.85. The molecule has 0 heterocycles. The maximum Gasteiger partial charge on any atom is 0.413 e. The van der Waals surface area contributed by atoms with E-state index in [-0.39, 0.29) is 13.2 Å². The summed E-state index contributed by atoms with van der Waals surface area (Å²) in [6.07, 6.45) is -0.740. The van der Waals surface area contributed by atoms with Gasteiger partial charge < -0.3 is 9.47 Å². The minimum atomic E-state index is -0.740. The molecule has 0 radical (unpaired) electrons. The van der Waals surface area contributed by atoms with Gasteiger partial charge in [0.05, 0.1) is 20.3 Å². The molecule has 1 N–H and O–H groups in total. The molecule has 0 aliphatic rings. The molecule has 1 rings (SSSR count). The summed E-state index contributed by atoms with van der Waals surface area (Å²) >= 11 is 5.95. The number of carbonyl (C=O) groups excluding carboxylic acids is 2. The molecule has 6 nitrogen and oxygen atoms in total. The minimum absolute atomic E-state index is 0.0501. The lowest BCUT2D eigenvalue weighted by Gasteiger charge is -2.18. The van der Waals surface area contributed by atoms with Crippen LogP contribution in [-0.4, -0.2) is 44.2 Å². The normalized spacial score (nSPS) is 10.3. The second kappa shape index (κ2) is 8.49. The zero-order valence-electron chi connectivity index (χ0n) is 12.3. The number of ether oxygens (including phenoxy) is 2. The van der Waals surface area contributed by atoms with Crippen molar-refractivity contribution in [3.63, 3.8) is 0 Å². The third kappa shape index (κ3) is 6.01. The summed E-state index contributed by atoms with van der Waals surface area (Å²) < 4.78 is 9.88. The molecule has 2 amide bonds. The van der Waals surface area contributed by atoms with Crippen LogP contribution >= 0.6 is 11.6 Å². The standard InChI is InChI=1S/C14H19ClN2O4/c1-4-21-14(19)16-13(18)9-17(2)8-10-7-11(15)5-6-12(10)20-3/h5-7H,4,8-9H2,1-3H3,(H,16,18,19). The molecule has 0 spiro atoms. The number of nitrogens with one attached hydrogen (secondary N) is 1. The molecule has 21 heavy (non-hydrogen) atoms. The maximum atomic E-state index is 11.6. The van der Waals surface area contributed by atoms with Gasteiger partial charge in [-0.25, -0.2) is 4.79 Å². The van der Waals surface area contributed by atoms with Gasteiger partial charge >= 0.3 is 6.09 Å². The molecular formula is C14H19ClN2O4. The predicted molar refractivity (Wildman–Crippen MR) is 79.5 cm³/mol. The summed E-state index contributed by atoms with van der Waals surface area (Å²) in [7, 11) is 3.32. The van der Waals surface area contributed by atoms with Gasteiger partial charge in [-0.2, -0.15) is 0 Å². The SMILES string of the molecule is CCOC(=O)NC(=O)CN(C)Cc1cc(Cl)ccc1OC. The van der Waals surface area contributed by atoms with Crippen LogP contribution in [0.15, 0.2) is 18.2 Å². The van der Waals surface area contributed by atoms with Gasteiger partial charge in [0, 0.05) is 17.1 Å². The van der Waals surface area contributed by atoms with Crippen LogP contribution < -0.4 is 10.1 Å². The number of halogens is 1. The number of alkyl carbamates (subject to hydrolysis) is 1. The van der Waals surface area contributed by atoms with Crippen LogP contribution in [0.25, 0.3) is 0 Å². The Labute approximate surface area is 129 Å². The molecule has 0 aliphatic heterocycles. The molecule has 0 bridgehead atoms. The molecule has 0 atom stereocenters. The van der Waals surface area contributed by atoms with Gasteiger partial charge in [-0.05, 0) is 32.2 Å². The highest BCUT2D eigenvalue weighted by Gasteiger charge is 2.13. The minimum Gasteiger partial charge on any atom is -0.496 e. The van der Waals surface area contributed by atoms with E-state index in [1.165, 1.54) is 0 Å². The lowest BCUT2D eigenvalue weighted by atomic mass is 10.2. The molecule has 116 valence electrons. The van der Waals surface area contributed by atoms with Crippen LogP contribution in [0.4, 0.5) is 4.79 Å². The van der Waals surface area contributed by atoms with E-state index in [1.54, 1.807) is 44.2 Å². The van der Waals surface area contributed by atoms with Crippen molar-refractivity contribution < 1.29 is 19.1 Å². The van der Waals surface area contributed by atoms with Gasteiger partial charge in [-0.1, -0.05) is 11.6 Å². The average molecular weight is 315 g/mol. The van der Waals surface area contributed by atoms with E-state index in [0.29, 0.717) is 17.3 Å². The largest absolute Gasteiger partial charge is 0.496 e. The van der Waals surface area contributed by atoms with Crippen LogP contribution in [0.5, 0.6) is 5.75 Å². The van der Waals surface area contributed by atoms with Crippen LogP contribution in [0.3, 0.4) is 0 Å². The molecule has 1 aromatic carbocycles. The van der Waals surface area contributed by atoms with E-state index in [9.17, 15) is 9.59 Å². The first-order chi connectivity index (χ1) is 9.96. The smallest absolute Gasteiger partial charge is 0.413 e. The maximum absolute atomic E-state index is 11.6. The summed E-state index contributed by atoms with van der Waals surface area (Å²) in [5, 5.41) is 2.73. The van der Waals surface area contributed by atoms with Crippen LogP contribution in [0, 0.1) is 0 Å². The Morgan fingerprint density at radius 3 is 2.71 bits per heavy atom. The van der Waals surface area contributed by atoms with E-state index < -0.39 is 12.0 Å². The number of methoxy groups -OCH3 is 1. The topological polar surface area (TPSA) is 67.9 Å². The average Bonchev–Trinajstić information content (AvgIpc) is 2.38. The van der Waals surface area contributed by atoms with Gasteiger partial charge in [0.15, 0.2) is 0 Å². The van der Waals surface area contributed by atoms with Crippen molar-refractivity contribution in [1.82, 2.24) is 10.2 Å². The second-order valence-electron chi connectivity index (χ2n) is 4.40. The number of imide groups is 1. The number of hydrogen-bond donors (Lipinski definition) is 1. The zero-order valence-corrected chi connectivity index (χ0v) is 13.1. The molecule has 7 heteroatoms. The van der Waals surface area contributed by atoms with E-state index in [0.717, 1.165) is 5.56 Å². The Morgan fingerprint density at radius 2 is 2.10 bits per heavy atom. The van der Waals surface area contributed by atoms with Crippen LogP contribution in [-0.2, 0) is 16.1 Å². The first-order valence-electron chi connectivity index (χ1n) is 6.43. The zero-order chi connectivity index (χ0) is 15.8. The fourth-order valence-corrected chi connectivity index (χ4v) is 1.98.